The summed E-state index contributed by atoms with van der Waals surface area (Å²) in [5, 5.41) is 14.6. The van der Waals surface area contributed by atoms with Gasteiger partial charge in [0.25, 0.3) is 0 Å². The van der Waals surface area contributed by atoms with Crippen LogP contribution in [0, 0.1) is 34.7 Å². The van der Waals surface area contributed by atoms with E-state index < -0.39 is 23.6 Å². The predicted octanol–water partition coefficient (Wildman–Crippen LogP) is 7.65. The van der Waals surface area contributed by atoms with Crippen molar-refractivity contribution >= 4 is 22.5 Å². The molecule has 1 fully saturated rings. The van der Waals surface area contributed by atoms with Crippen LogP contribution in [0.15, 0.2) is 54.6 Å². The lowest BCUT2D eigenvalue weighted by molar-refractivity contribution is 0.0374. The number of hydrogen-bond acceptors (Lipinski definition) is 3. The molecule has 0 amide bonds. The number of halogens is 4. The Morgan fingerprint density at radius 2 is 1.69 bits per heavy atom. The Hall–Kier alpha value is -3.34. The molecule has 0 bridgehead atoms. The molecular formula is C28H23ClF3N3O. The van der Waals surface area contributed by atoms with Crippen molar-refractivity contribution < 1.29 is 17.9 Å². The molecule has 0 N–H and O–H groups in total. The van der Waals surface area contributed by atoms with Crippen LogP contribution in [0.4, 0.5) is 13.2 Å². The van der Waals surface area contributed by atoms with Crippen molar-refractivity contribution in [2.75, 3.05) is 6.61 Å². The van der Waals surface area contributed by atoms with E-state index in [1.165, 1.54) is 23.2 Å². The molecule has 0 saturated heterocycles. The third kappa shape index (κ3) is 4.84. The molecule has 4 aromatic rings. The fourth-order valence-corrected chi connectivity index (χ4v) is 4.97. The summed E-state index contributed by atoms with van der Waals surface area (Å²) in [5.41, 5.74) is 1.51. The van der Waals surface area contributed by atoms with Crippen molar-refractivity contribution in [1.29, 1.82) is 5.26 Å². The summed E-state index contributed by atoms with van der Waals surface area (Å²) in [7, 11) is 0. The number of hydrogen-bond donors (Lipinski definition) is 0. The van der Waals surface area contributed by atoms with Crippen LogP contribution in [0.2, 0.25) is 5.02 Å². The fraction of sp³-hybridized carbons (Fsp3) is 0.286. The SMILES string of the molecule is N#Cc1ccc(C(OCC2CCCCC2)c2c3cc(F)c(F)cc3nn2-c2ccc(Cl)cc2)c(F)c1. The zero-order chi connectivity index (χ0) is 25.2. The van der Waals surface area contributed by atoms with Crippen LogP contribution in [0.5, 0.6) is 0 Å². The van der Waals surface area contributed by atoms with Gasteiger partial charge in [0.05, 0.1) is 35.1 Å². The van der Waals surface area contributed by atoms with Gasteiger partial charge in [0.1, 0.15) is 11.9 Å². The van der Waals surface area contributed by atoms with Gasteiger partial charge in [-0.15, -0.1) is 0 Å². The molecule has 5 rings (SSSR count). The highest BCUT2D eigenvalue weighted by Gasteiger charge is 2.29. The zero-order valence-electron chi connectivity index (χ0n) is 19.4. The smallest absolute Gasteiger partial charge is 0.161 e. The van der Waals surface area contributed by atoms with E-state index in [1.54, 1.807) is 24.3 Å². The van der Waals surface area contributed by atoms with E-state index in [4.69, 9.17) is 16.3 Å². The quantitative estimate of drug-likeness (QED) is 0.268. The highest BCUT2D eigenvalue weighted by Crippen LogP contribution is 2.37. The van der Waals surface area contributed by atoms with Crippen molar-refractivity contribution in [3.63, 3.8) is 0 Å². The minimum atomic E-state index is -1.04. The van der Waals surface area contributed by atoms with Gasteiger partial charge in [-0.2, -0.15) is 10.4 Å². The van der Waals surface area contributed by atoms with Gasteiger partial charge in [-0.05, 0) is 61.2 Å². The van der Waals surface area contributed by atoms with Crippen molar-refractivity contribution in [2.24, 2.45) is 5.92 Å². The lowest BCUT2D eigenvalue weighted by Gasteiger charge is -2.26. The van der Waals surface area contributed by atoms with Crippen LogP contribution in [0.25, 0.3) is 16.6 Å². The molecule has 1 atom stereocenters. The van der Waals surface area contributed by atoms with E-state index in [-0.39, 0.29) is 16.6 Å². The van der Waals surface area contributed by atoms with Crippen molar-refractivity contribution in [2.45, 2.75) is 38.2 Å². The summed E-state index contributed by atoms with van der Waals surface area (Å²) in [6.45, 7) is 0.376. The predicted molar refractivity (Wildman–Crippen MR) is 131 cm³/mol. The third-order valence-electron chi connectivity index (χ3n) is 6.71. The molecule has 184 valence electrons. The Morgan fingerprint density at radius 3 is 2.39 bits per heavy atom. The Kier molecular flexibility index (Phi) is 6.99. The van der Waals surface area contributed by atoms with Crippen LogP contribution >= 0.6 is 11.6 Å². The summed E-state index contributed by atoms with van der Waals surface area (Å²) in [6.07, 6.45) is 4.45. The molecule has 1 saturated carbocycles. The molecule has 4 nitrogen and oxygen atoms in total. The molecule has 1 aromatic heterocycles. The maximum absolute atomic E-state index is 15.4. The van der Waals surface area contributed by atoms with Gasteiger partial charge in [-0.25, -0.2) is 17.9 Å². The zero-order valence-corrected chi connectivity index (χ0v) is 20.1. The molecule has 0 aliphatic heterocycles. The first kappa shape index (κ1) is 24.4. The van der Waals surface area contributed by atoms with Gasteiger partial charge in [0.15, 0.2) is 11.6 Å². The first-order chi connectivity index (χ1) is 17.4. The average Bonchev–Trinajstić information content (AvgIpc) is 3.24. The van der Waals surface area contributed by atoms with Gasteiger partial charge in [-0.3, -0.25) is 0 Å². The summed E-state index contributed by atoms with van der Waals surface area (Å²) in [6, 6.07) is 15.0. The molecule has 1 heterocycles. The average molecular weight is 510 g/mol. The van der Waals surface area contributed by atoms with E-state index in [0.717, 1.165) is 43.9 Å². The summed E-state index contributed by atoms with van der Waals surface area (Å²) >= 11 is 6.07. The second-order valence-corrected chi connectivity index (χ2v) is 9.56. The molecule has 3 aromatic carbocycles. The van der Waals surface area contributed by atoms with E-state index in [2.05, 4.69) is 5.10 Å². The molecule has 1 aliphatic rings. The number of benzene rings is 3. The van der Waals surface area contributed by atoms with Crippen LogP contribution in [0.1, 0.15) is 55.0 Å². The normalized spacial score (nSPS) is 15.2. The summed E-state index contributed by atoms with van der Waals surface area (Å²) in [5.74, 6) is -2.37. The Morgan fingerprint density at radius 1 is 0.972 bits per heavy atom. The van der Waals surface area contributed by atoms with E-state index in [1.807, 2.05) is 6.07 Å². The standard InChI is InChI=1S/C28H23ClF3N3O/c29-19-7-9-20(10-8-19)35-27(22-13-24(31)25(32)14-26(22)34-35)28(36-16-17-4-2-1-3-5-17)21-11-6-18(15-33)12-23(21)30/h6-14,17,28H,1-5,16H2. The van der Waals surface area contributed by atoms with E-state index in [0.29, 0.717) is 34.3 Å². The van der Waals surface area contributed by atoms with E-state index in [9.17, 15) is 14.0 Å². The number of aromatic nitrogens is 2. The van der Waals surface area contributed by atoms with Gasteiger partial charge in [0.2, 0.25) is 0 Å². The molecule has 1 unspecified atom stereocenters. The fourth-order valence-electron chi connectivity index (χ4n) is 4.84. The summed E-state index contributed by atoms with van der Waals surface area (Å²) < 4.78 is 51.9. The second kappa shape index (κ2) is 10.3. The van der Waals surface area contributed by atoms with Gasteiger partial charge in [0, 0.05) is 22.0 Å². The van der Waals surface area contributed by atoms with Gasteiger partial charge in [-0.1, -0.05) is 36.9 Å². The molecule has 1 aliphatic carbocycles. The molecule has 8 heteroatoms. The van der Waals surface area contributed by atoms with Gasteiger partial charge < -0.3 is 4.74 Å². The topological polar surface area (TPSA) is 50.8 Å². The van der Waals surface area contributed by atoms with Crippen molar-refractivity contribution in [1.82, 2.24) is 9.78 Å². The maximum atomic E-state index is 15.4. The Bertz CT molecular complexity index is 1440. The highest BCUT2D eigenvalue weighted by atomic mass is 35.5. The third-order valence-corrected chi connectivity index (χ3v) is 6.96. The van der Waals surface area contributed by atoms with E-state index >= 15 is 4.39 Å². The van der Waals surface area contributed by atoms with Crippen LogP contribution in [0.3, 0.4) is 0 Å². The minimum Gasteiger partial charge on any atom is -0.367 e. The largest absolute Gasteiger partial charge is 0.367 e. The summed E-state index contributed by atoms with van der Waals surface area (Å²) in [4.78, 5) is 0. The molecule has 0 radical (unpaired) electrons. The highest BCUT2D eigenvalue weighted by molar-refractivity contribution is 6.30. The number of ether oxygens (including phenoxy) is 1. The first-order valence-electron chi connectivity index (χ1n) is 11.9. The van der Waals surface area contributed by atoms with Crippen LogP contribution in [-0.4, -0.2) is 16.4 Å². The maximum Gasteiger partial charge on any atom is 0.161 e. The monoisotopic (exact) mass is 509 g/mol. The molecule has 36 heavy (non-hydrogen) atoms. The van der Waals surface area contributed by atoms with Crippen LogP contribution in [-0.2, 0) is 4.74 Å². The van der Waals surface area contributed by atoms with Crippen LogP contribution < -0.4 is 0 Å². The lowest BCUT2D eigenvalue weighted by atomic mass is 9.90. The van der Waals surface area contributed by atoms with Crippen molar-refractivity contribution in [3.05, 3.63) is 93.9 Å². The second-order valence-electron chi connectivity index (χ2n) is 9.12. The van der Waals surface area contributed by atoms with Crippen molar-refractivity contribution in [3.8, 4) is 11.8 Å². The number of nitriles is 1. The number of fused-ring (bicyclic) bond motifs is 1. The Balaban J connectivity index is 1.70. The lowest BCUT2D eigenvalue weighted by Crippen LogP contribution is -2.19. The number of rotatable bonds is 6. The minimum absolute atomic E-state index is 0.173. The molecular weight excluding hydrogens is 487 g/mol. The van der Waals surface area contributed by atoms with Gasteiger partial charge >= 0.3 is 0 Å². The number of nitrogens with zero attached hydrogens (tertiary/aromatic N) is 3. The first-order valence-corrected chi connectivity index (χ1v) is 12.3. The molecule has 0 spiro atoms. The Labute approximate surface area is 211 Å².